The summed E-state index contributed by atoms with van der Waals surface area (Å²) in [5.41, 5.74) is 1.98. The third kappa shape index (κ3) is 3.00. The van der Waals surface area contributed by atoms with Gasteiger partial charge in [-0.15, -0.1) is 0 Å². The lowest BCUT2D eigenvalue weighted by molar-refractivity contribution is 0.340. The van der Waals surface area contributed by atoms with E-state index < -0.39 is 0 Å². The molecule has 0 spiro atoms. The van der Waals surface area contributed by atoms with Gasteiger partial charge in [-0.1, -0.05) is 13.3 Å². The van der Waals surface area contributed by atoms with Gasteiger partial charge in [-0.2, -0.15) is 14.6 Å². The minimum atomic E-state index is 0.611. The van der Waals surface area contributed by atoms with E-state index >= 15 is 0 Å². The van der Waals surface area contributed by atoms with Crippen molar-refractivity contribution in [3.8, 4) is 5.75 Å². The number of ether oxygens (including phenoxy) is 1. The fourth-order valence-corrected chi connectivity index (χ4v) is 2.28. The number of aryl methyl sites for hydroxylation is 1. The number of fused-ring (bicyclic) bond motifs is 1. The predicted molar refractivity (Wildman–Crippen MR) is 85.7 cm³/mol. The molecule has 0 unspecified atom stereocenters. The van der Waals surface area contributed by atoms with Gasteiger partial charge in [0.15, 0.2) is 0 Å². The van der Waals surface area contributed by atoms with E-state index in [0.29, 0.717) is 12.4 Å². The van der Waals surface area contributed by atoms with Crippen LogP contribution in [0.3, 0.4) is 0 Å². The number of hydrogen-bond acceptors (Lipinski definition) is 5. The van der Waals surface area contributed by atoms with Crippen molar-refractivity contribution in [2.24, 2.45) is 0 Å². The highest BCUT2D eigenvalue weighted by Gasteiger charge is 2.07. The molecule has 6 nitrogen and oxygen atoms in total. The van der Waals surface area contributed by atoms with E-state index in [4.69, 9.17) is 4.74 Å². The van der Waals surface area contributed by atoms with Crippen LogP contribution in [0.4, 0.5) is 11.5 Å². The summed E-state index contributed by atoms with van der Waals surface area (Å²) >= 11 is 0. The molecule has 22 heavy (non-hydrogen) atoms. The van der Waals surface area contributed by atoms with Gasteiger partial charge >= 0.3 is 0 Å². The molecule has 0 bridgehead atoms. The summed E-state index contributed by atoms with van der Waals surface area (Å²) in [7, 11) is 0. The van der Waals surface area contributed by atoms with Crippen molar-refractivity contribution in [3.63, 3.8) is 0 Å². The predicted octanol–water partition coefficient (Wildman–Crippen LogP) is 3.22. The molecule has 1 N–H and O–H groups in total. The molecule has 0 amide bonds. The molecule has 3 rings (SSSR count). The molecule has 0 aliphatic rings. The number of rotatable bonds is 6. The molecule has 3 aromatic rings. The molecule has 2 heterocycles. The zero-order chi connectivity index (χ0) is 15.4. The summed E-state index contributed by atoms with van der Waals surface area (Å²) in [4.78, 5) is 8.68. The summed E-state index contributed by atoms with van der Waals surface area (Å²) in [6.45, 7) is 4.77. The monoisotopic (exact) mass is 297 g/mol. The number of anilines is 2. The minimum absolute atomic E-state index is 0.611. The molecule has 6 heteroatoms. The number of benzene rings is 1. The standard InChI is InChI=1S/C16H19N5O/c1-3-5-13-10-15(21-16(20-13)17-11-18-21)19-12-6-8-14(9-7-12)22-4-2/h6-11,19H,3-5H2,1-2H3. The molecule has 0 saturated heterocycles. The molecule has 114 valence electrons. The second kappa shape index (κ2) is 6.43. The molecular formula is C16H19N5O. The van der Waals surface area contributed by atoms with E-state index in [1.54, 1.807) is 4.52 Å². The van der Waals surface area contributed by atoms with Crippen molar-refractivity contribution in [2.45, 2.75) is 26.7 Å². The molecule has 0 fully saturated rings. The van der Waals surface area contributed by atoms with Crippen molar-refractivity contribution >= 4 is 17.3 Å². The van der Waals surface area contributed by atoms with E-state index in [9.17, 15) is 0 Å². The smallest absolute Gasteiger partial charge is 0.254 e. The van der Waals surface area contributed by atoms with Gasteiger partial charge in [-0.05, 0) is 37.6 Å². The molecule has 2 aromatic heterocycles. The van der Waals surface area contributed by atoms with Crippen molar-refractivity contribution in [2.75, 3.05) is 11.9 Å². The Kier molecular flexibility index (Phi) is 4.18. The molecule has 0 radical (unpaired) electrons. The van der Waals surface area contributed by atoms with Crippen LogP contribution in [0, 0.1) is 0 Å². The number of hydrogen-bond donors (Lipinski definition) is 1. The lowest BCUT2D eigenvalue weighted by Crippen LogP contribution is -2.04. The van der Waals surface area contributed by atoms with Gasteiger partial charge in [0.05, 0.1) is 6.61 Å². The average molecular weight is 297 g/mol. The Morgan fingerprint density at radius 1 is 1.18 bits per heavy atom. The van der Waals surface area contributed by atoms with Crippen LogP contribution < -0.4 is 10.1 Å². The Bertz CT molecular complexity index is 751. The Balaban J connectivity index is 1.90. The van der Waals surface area contributed by atoms with Crippen LogP contribution in [0.15, 0.2) is 36.7 Å². The van der Waals surface area contributed by atoms with E-state index in [1.165, 1.54) is 6.33 Å². The van der Waals surface area contributed by atoms with Crippen LogP contribution in [0.2, 0.25) is 0 Å². The zero-order valence-electron chi connectivity index (χ0n) is 12.8. The SMILES string of the molecule is CCCc1cc(Nc2ccc(OCC)cc2)n2ncnc2n1. The van der Waals surface area contributed by atoms with Crippen molar-refractivity contribution < 1.29 is 4.74 Å². The topological polar surface area (TPSA) is 64.3 Å². The van der Waals surface area contributed by atoms with E-state index in [2.05, 4.69) is 27.3 Å². The van der Waals surface area contributed by atoms with Gasteiger partial charge in [0.25, 0.3) is 5.78 Å². The van der Waals surface area contributed by atoms with Gasteiger partial charge in [0.1, 0.15) is 17.9 Å². The first-order chi connectivity index (χ1) is 10.8. The van der Waals surface area contributed by atoms with Crippen molar-refractivity contribution in [1.82, 2.24) is 19.6 Å². The first-order valence-electron chi connectivity index (χ1n) is 7.49. The molecule has 0 saturated carbocycles. The fourth-order valence-electron chi connectivity index (χ4n) is 2.28. The van der Waals surface area contributed by atoms with E-state index in [-0.39, 0.29) is 0 Å². The van der Waals surface area contributed by atoms with Crippen LogP contribution in [0.25, 0.3) is 5.78 Å². The number of aromatic nitrogens is 4. The van der Waals surface area contributed by atoms with Gasteiger partial charge < -0.3 is 10.1 Å². The third-order valence-electron chi connectivity index (χ3n) is 3.25. The minimum Gasteiger partial charge on any atom is -0.494 e. The summed E-state index contributed by atoms with van der Waals surface area (Å²) in [6.07, 6.45) is 3.47. The lowest BCUT2D eigenvalue weighted by Gasteiger charge is -2.10. The van der Waals surface area contributed by atoms with Crippen LogP contribution in [0.5, 0.6) is 5.75 Å². The van der Waals surface area contributed by atoms with Gasteiger partial charge in [-0.3, -0.25) is 0 Å². The van der Waals surface area contributed by atoms with Crippen LogP contribution >= 0.6 is 0 Å². The maximum atomic E-state index is 5.45. The maximum Gasteiger partial charge on any atom is 0.254 e. The third-order valence-corrected chi connectivity index (χ3v) is 3.25. The maximum absolute atomic E-state index is 5.45. The fraction of sp³-hybridized carbons (Fsp3) is 0.312. The molecule has 0 aliphatic carbocycles. The van der Waals surface area contributed by atoms with Gasteiger partial charge in [0, 0.05) is 17.4 Å². The zero-order valence-corrected chi connectivity index (χ0v) is 12.8. The highest BCUT2D eigenvalue weighted by atomic mass is 16.5. The van der Waals surface area contributed by atoms with E-state index in [0.717, 1.165) is 35.8 Å². The Morgan fingerprint density at radius 2 is 2.00 bits per heavy atom. The Morgan fingerprint density at radius 3 is 2.73 bits per heavy atom. The van der Waals surface area contributed by atoms with Crippen LogP contribution in [0.1, 0.15) is 26.0 Å². The highest BCUT2D eigenvalue weighted by molar-refractivity contribution is 5.59. The average Bonchev–Trinajstić information content (AvgIpc) is 2.98. The number of nitrogens with one attached hydrogen (secondary N) is 1. The largest absolute Gasteiger partial charge is 0.494 e. The first-order valence-corrected chi connectivity index (χ1v) is 7.49. The van der Waals surface area contributed by atoms with Crippen LogP contribution in [-0.2, 0) is 6.42 Å². The molecular weight excluding hydrogens is 278 g/mol. The Labute approximate surface area is 129 Å². The first kappa shape index (κ1) is 14.3. The van der Waals surface area contributed by atoms with Crippen molar-refractivity contribution in [1.29, 1.82) is 0 Å². The van der Waals surface area contributed by atoms with Gasteiger partial charge in [-0.25, -0.2) is 4.98 Å². The molecule has 1 aromatic carbocycles. The summed E-state index contributed by atoms with van der Waals surface area (Å²) < 4.78 is 7.16. The van der Waals surface area contributed by atoms with Crippen LogP contribution in [-0.4, -0.2) is 26.2 Å². The Hall–Kier alpha value is -2.63. The molecule has 0 atom stereocenters. The second-order valence-corrected chi connectivity index (χ2v) is 4.94. The lowest BCUT2D eigenvalue weighted by atomic mass is 10.2. The summed E-state index contributed by atoms with van der Waals surface area (Å²) in [5.74, 6) is 2.33. The normalized spacial score (nSPS) is 10.8. The molecule has 0 aliphatic heterocycles. The highest BCUT2D eigenvalue weighted by Crippen LogP contribution is 2.21. The van der Waals surface area contributed by atoms with E-state index in [1.807, 2.05) is 37.3 Å². The quantitative estimate of drug-likeness (QED) is 0.757. The second-order valence-electron chi connectivity index (χ2n) is 4.94. The summed E-state index contributed by atoms with van der Waals surface area (Å²) in [6, 6.07) is 9.86. The number of nitrogens with zero attached hydrogens (tertiary/aromatic N) is 4. The summed E-state index contributed by atoms with van der Waals surface area (Å²) in [5, 5.41) is 7.58. The van der Waals surface area contributed by atoms with Crippen molar-refractivity contribution in [3.05, 3.63) is 42.4 Å². The van der Waals surface area contributed by atoms with Gasteiger partial charge in [0.2, 0.25) is 0 Å².